The lowest BCUT2D eigenvalue weighted by Gasteiger charge is -2.06. The van der Waals surface area contributed by atoms with Gasteiger partial charge in [-0.3, -0.25) is 0 Å². The largest absolute Gasteiger partial charge is 0.506 e. The Balaban J connectivity index is 1.79. The topological polar surface area (TPSA) is 70.5 Å². The van der Waals surface area contributed by atoms with E-state index < -0.39 is 0 Å². The maximum atomic E-state index is 9.52. The number of aromatic amines is 1. The number of para-hydroxylation sites is 2. The van der Waals surface area contributed by atoms with E-state index in [-0.39, 0.29) is 10.8 Å². The number of oxime groups is 1. The number of hydrogen-bond donors (Lipinski definition) is 2. The molecule has 2 aromatic carbocycles. The summed E-state index contributed by atoms with van der Waals surface area (Å²) < 4.78 is 0. The number of aromatic hydroxyl groups is 1. The molecule has 0 unspecified atom stereocenters. The molecule has 0 saturated heterocycles. The summed E-state index contributed by atoms with van der Waals surface area (Å²) in [6.07, 6.45) is 0. The standard InChI is InChI=1S/C16H14ClN3O2S/c1-22-20-14(10-6-7-15(21)11(17)8-10)9-23-16-18-12-4-2-3-5-13(12)19-16/h2-8,21H,9H2,1H3,(H,18,19)/b20-14-. The number of aromatic nitrogens is 2. The molecule has 0 bridgehead atoms. The maximum absolute atomic E-state index is 9.52. The third-order valence-electron chi connectivity index (χ3n) is 3.20. The smallest absolute Gasteiger partial charge is 0.166 e. The Kier molecular flexibility index (Phi) is 4.73. The molecule has 5 nitrogen and oxygen atoms in total. The fraction of sp³-hybridized carbons (Fsp3) is 0.125. The first-order valence-electron chi connectivity index (χ1n) is 6.84. The zero-order valence-corrected chi connectivity index (χ0v) is 13.9. The first-order valence-corrected chi connectivity index (χ1v) is 8.20. The molecule has 0 aliphatic heterocycles. The maximum Gasteiger partial charge on any atom is 0.166 e. The highest BCUT2D eigenvalue weighted by atomic mass is 35.5. The van der Waals surface area contributed by atoms with E-state index in [1.54, 1.807) is 12.1 Å². The summed E-state index contributed by atoms with van der Waals surface area (Å²) in [7, 11) is 1.49. The lowest BCUT2D eigenvalue weighted by atomic mass is 10.1. The van der Waals surface area contributed by atoms with Crippen LogP contribution in [0.5, 0.6) is 5.75 Å². The quantitative estimate of drug-likeness (QED) is 0.414. The van der Waals surface area contributed by atoms with Gasteiger partial charge in [-0.25, -0.2) is 4.98 Å². The van der Waals surface area contributed by atoms with E-state index in [1.807, 2.05) is 24.3 Å². The number of phenolic OH excluding ortho intramolecular Hbond substituents is 1. The summed E-state index contributed by atoms with van der Waals surface area (Å²) in [5, 5.41) is 14.7. The van der Waals surface area contributed by atoms with Crippen LogP contribution in [-0.4, -0.2) is 33.6 Å². The second-order valence-electron chi connectivity index (χ2n) is 4.73. The Morgan fingerprint density at radius 3 is 2.91 bits per heavy atom. The van der Waals surface area contributed by atoms with Crippen molar-refractivity contribution >= 4 is 40.1 Å². The second-order valence-corrected chi connectivity index (χ2v) is 6.11. The molecule has 1 aromatic heterocycles. The Morgan fingerprint density at radius 2 is 2.17 bits per heavy atom. The van der Waals surface area contributed by atoms with E-state index in [2.05, 4.69) is 15.1 Å². The summed E-state index contributed by atoms with van der Waals surface area (Å²) in [5.41, 5.74) is 3.42. The second kappa shape index (κ2) is 6.93. The molecular weight excluding hydrogens is 334 g/mol. The molecule has 0 fully saturated rings. The molecule has 0 amide bonds. The van der Waals surface area contributed by atoms with Crippen molar-refractivity contribution in [2.24, 2.45) is 5.16 Å². The number of nitrogens with zero attached hydrogens (tertiary/aromatic N) is 2. The molecule has 0 saturated carbocycles. The van der Waals surface area contributed by atoms with E-state index >= 15 is 0 Å². The number of phenols is 1. The average Bonchev–Trinajstić information content (AvgIpc) is 2.97. The molecule has 0 aliphatic rings. The highest BCUT2D eigenvalue weighted by molar-refractivity contribution is 7.99. The lowest BCUT2D eigenvalue weighted by molar-refractivity contribution is 0.213. The molecule has 23 heavy (non-hydrogen) atoms. The van der Waals surface area contributed by atoms with Gasteiger partial charge in [0.05, 0.1) is 21.8 Å². The summed E-state index contributed by atoms with van der Waals surface area (Å²) in [5.74, 6) is 0.589. The van der Waals surface area contributed by atoms with E-state index in [0.717, 1.165) is 21.8 Å². The van der Waals surface area contributed by atoms with Crippen molar-refractivity contribution in [3.63, 3.8) is 0 Å². The van der Waals surface area contributed by atoms with Crippen molar-refractivity contribution in [3.8, 4) is 5.75 Å². The zero-order chi connectivity index (χ0) is 16.2. The monoisotopic (exact) mass is 347 g/mol. The van der Waals surface area contributed by atoms with Gasteiger partial charge in [0.1, 0.15) is 12.9 Å². The van der Waals surface area contributed by atoms with Crippen molar-refractivity contribution < 1.29 is 9.94 Å². The zero-order valence-electron chi connectivity index (χ0n) is 12.3. The molecule has 0 spiro atoms. The summed E-state index contributed by atoms with van der Waals surface area (Å²) >= 11 is 7.47. The molecule has 0 atom stereocenters. The average molecular weight is 348 g/mol. The SMILES string of the molecule is CO/N=C(/CSc1nc2ccccc2[nH]1)c1ccc(O)c(Cl)c1. The first-order chi connectivity index (χ1) is 11.2. The summed E-state index contributed by atoms with van der Waals surface area (Å²) in [6.45, 7) is 0. The van der Waals surface area contributed by atoms with Crippen molar-refractivity contribution in [2.45, 2.75) is 5.16 Å². The van der Waals surface area contributed by atoms with Crippen LogP contribution in [0.4, 0.5) is 0 Å². The number of H-pyrrole nitrogens is 1. The van der Waals surface area contributed by atoms with Gasteiger partial charge >= 0.3 is 0 Å². The van der Waals surface area contributed by atoms with Gasteiger partial charge in [-0.1, -0.05) is 40.7 Å². The fourth-order valence-corrected chi connectivity index (χ4v) is 3.11. The molecule has 3 aromatic rings. The summed E-state index contributed by atoms with van der Waals surface area (Å²) in [6, 6.07) is 12.8. The van der Waals surface area contributed by atoms with E-state index in [1.165, 1.54) is 24.9 Å². The molecule has 0 radical (unpaired) electrons. The van der Waals surface area contributed by atoms with Crippen molar-refractivity contribution in [3.05, 3.63) is 53.1 Å². The number of hydrogen-bond acceptors (Lipinski definition) is 5. The number of rotatable bonds is 5. The van der Waals surface area contributed by atoms with E-state index in [0.29, 0.717) is 11.5 Å². The van der Waals surface area contributed by atoms with Crippen LogP contribution >= 0.6 is 23.4 Å². The Hall–Kier alpha value is -2.18. The minimum atomic E-state index is 0.0390. The number of halogens is 1. The van der Waals surface area contributed by atoms with Crippen LogP contribution in [0.25, 0.3) is 11.0 Å². The molecule has 118 valence electrons. The number of nitrogens with one attached hydrogen (secondary N) is 1. The van der Waals surface area contributed by atoms with Gasteiger partial charge in [0, 0.05) is 11.3 Å². The van der Waals surface area contributed by atoms with Gasteiger partial charge in [-0.2, -0.15) is 0 Å². The van der Waals surface area contributed by atoms with Gasteiger partial charge in [0.2, 0.25) is 0 Å². The number of fused-ring (bicyclic) bond motifs is 1. The van der Waals surface area contributed by atoms with Gasteiger partial charge in [-0.05, 0) is 30.3 Å². The van der Waals surface area contributed by atoms with Gasteiger partial charge in [0.25, 0.3) is 0 Å². The van der Waals surface area contributed by atoms with Crippen LogP contribution in [0.15, 0.2) is 52.8 Å². The number of thioether (sulfide) groups is 1. The van der Waals surface area contributed by atoms with Crippen molar-refractivity contribution in [1.82, 2.24) is 9.97 Å². The van der Waals surface area contributed by atoms with Crippen LogP contribution in [0, 0.1) is 0 Å². The molecular formula is C16H14ClN3O2S. The van der Waals surface area contributed by atoms with Crippen LogP contribution in [0.2, 0.25) is 5.02 Å². The third-order valence-corrected chi connectivity index (χ3v) is 4.38. The Morgan fingerprint density at radius 1 is 1.35 bits per heavy atom. The van der Waals surface area contributed by atoms with Crippen molar-refractivity contribution in [1.29, 1.82) is 0 Å². The Bertz CT molecular complexity index is 830. The van der Waals surface area contributed by atoms with E-state index in [9.17, 15) is 5.11 Å². The normalized spacial score (nSPS) is 11.8. The predicted molar refractivity (Wildman–Crippen MR) is 93.5 cm³/mol. The number of benzene rings is 2. The highest BCUT2D eigenvalue weighted by Gasteiger charge is 2.10. The summed E-state index contributed by atoms with van der Waals surface area (Å²) in [4.78, 5) is 12.7. The van der Waals surface area contributed by atoms with E-state index in [4.69, 9.17) is 16.4 Å². The minimum absolute atomic E-state index is 0.0390. The predicted octanol–water partition coefficient (Wildman–Crippen LogP) is 4.06. The lowest BCUT2D eigenvalue weighted by Crippen LogP contribution is -2.05. The number of imidazole rings is 1. The van der Waals surface area contributed by atoms with Crippen LogP contribution < -0.4 is 0 Å². The third kappa shape index (κ3) is 3.60. The molecule has 1 heterocycles. The van der Waals surface area contributed by atoms with Crippen LogP contribution in [0.3, 0.4) is 0 Å². The minimum Gasteiger partial charge on any atom is -0.506 e. The molecule has 0 aliphatic carbocycles. The molecule has 7 heteroatoms. The Labute approximate surface area is 142 Å². The van der Waals surface area contributed by atoms with Crippen LogP contribution in [-0.2, 0) is 4.84 Å². The molecule has 3 rings (SSSR count). The first kappa shape index (κ1) is 15.7. The van der Waals surface area contributed by atoms with Gasteiger partial charge in [-0.15, -0.1) is 0 Å². The van der Waals surface area contributed by atoms with Gasteiger partial charge < -0.3 is 14.9 Å². The fourth-order valence-electron chi connectivity index (χ4n) is 2.09. The highest BCUT2D eigenvalue weighted by Crippen LogP contribution is 2.26. The van der Waals surface area contributed by atoms with Gasteiger partial charge in [0.15, 0.2) is 5.16 Å². The molecule has 2 N–H and O–H groups in total. The van der Waals surface area contributed by atoms with Crippen molar-refractivity contribution in [2.75, 3.05) is 12.9 Å². The van der Waals surface area contributed by atoms with Crippen LogP contribution in [0.1, 0.15) is 5.56 Å².